The van der Waals surface area contributed by atoms with Crippen molar-refractivity contribution in [1.29, 1.82) is 0 Å². The highest BCUT2D eigenvalue weighted by Gasteiger charge is 2.26. The van der Waals surface area contributed by atoms with E-state index in [2.05, 4.69) is 74.1 Å². The van der Waals surface area contributed by atoms with Crippen molar-refractivity contribution in [2.75, 3.05) is 50.8 Å². The summed E-state index contributed by atoms with van der Waals surface area (Å²) in [6.07, 6.45) is 7.20. The van der Waals surface area contributed by atoms with E-state index in [0.717, 1.165) is 91.1 Å². The van der Waals surface area contributed by atoms with E-state index in [1.807, 2.05) is 12.4 Å². The van der Waals surface area contributed by atoms with Crippen LogP contribution in [-0.4, -0.2) is 75.6 Å². The Balaban J connectivity index is 1.18. The molecule has 194 valence electrons. The molecule has 7 rings (SSSR count). The zero-order valence-corrected chi connectivity index (χ0v) is 21.6. The molecule has 3 aromatic heterocycles. The van der Waals surface area contributed by atoms with Gasteiger partial charge in [0.05, 0.1) is 30.8 Å². The molecule has 2 saturated heterocycles. The number of rotatable bonds is 6. The molecule has 0 atom stereocenters. The van der Waals surface area contributed by atoms with Crippen molar-refractivity contribution in [3.05, 3.63) is 72.6 Å². The fraction of sp³-hybridized carbons (Fsp3) is 0.367. The van der Waals surface area contributed by atoms with Crippen LogP contribution < -0.4 is 4.90 Å². The van der Waals surface area contributed by atoms with E-state index in [1.54, 1.807) is 0 Å². The lowest BCUT2D eigenvalue weighted by atomic mass is 10.0. The number of fused-ring (bicyclic) bond motifs is 2. The van der Waals surface area contributed by atoms with E-state index in [0.29, 0.717) is 19.3 Å². The molecule has 0 spiro atoms. The number of hydrogen-bond donors (Lipinski definition) is 1. The van der Waals surface area contributed by atoms with Gasteiger partial charge in [0.2, 0.25) is 0 Å². The first-order valence-electron chi connectivity index (χ1n) is 13.7. The molecule has 8 heteroatoms. The third-order valence-corrected chi connectivity index (χ3v) is 8.02. The topological polar surface area (TPSA) is 75.1 Å². The van der Waals surface area contributed by atoms with Gasteiger partial charge in [-0.2, -0.15) is 5.10 Å². The molecule has 0 amide bonds. The number of aromatic amines is 1. The zero-order chi connectivity index (χ0) is 25.3. The summed E-state index contributed by atoms with van der Waals surface area (Å²) in [5, 5.41) is 7.10. The zero-order valence-electron chi connectivity index (χ0n) is 21.6. The van der Waals surface area contributed by atoms with Gasteiger partial charge >= 0.3 is 0 Å². The van der Waals surface area contributed by atoms with Crippen LogP contribution >= 0.6 is 0 Å². The van der Waals surface area contributed by atoms with Gasteiger partial charge in [-0.3, -0.25) is 0 Å². The summed E-state index contributed by atoms with van der Waals surface area (Å²) in [5.41, 5.74) is 4.49. The average Bonchev–Trinajstić information content (AvgIpc) is 3.64. The predicted molar refractivity (Wildman–Crippen MR) is 151 cm³/mol. The number of benzene rings is 2. The van der Waals surface area contributed by atoms with Crippen LogP contribution in [0.15, 0.2) is 67.0 Å². The Hall–Kier alpha value is -3.75. The van der Waals surface area contributed by atoms with Gasteiger partial charge in [0, 0.05) is 55.4 Å². The number of morpholine rings is 1. The van der Waals surface area contributed by atoms with Gasteiger partial charge in [0.1, 0.15) is 5.82 Å². The standard InChI is InChI=1S/C30H33N7O/c1-2-4-22(5-3-1)9-13-35-14-10-25(11-15-35)37-30-26(21-32-37)29(36-16-18-38-19-17-36)33-28(34-30)24-6-7-27-23(20-24)8-12-31-27/h1-8,12,20-21,25,31H,9-11,13-19H2. The van der Waals surface area contributed by atoms with E-state index >= 15 is 0 Å². The minimum Gasteiger partial charge on any atom is -0.378 e. The van der Waals surface area contributed by atoms with Crippen LogP contribution in [0, 0.1) is 0 Å². The number of hydrogen-bond acceptors (Lipinski definition) is 6. The molecule has 0 bridgehead atoms. The summed E-state index contributed by atoms with van der Waals surface area (Å²) in [6, 6.07) is 19.6. The summed E-state index contributed by atoms with van der Waals surface area (Å²) in [6.45, 7) is 6.35. The molecular formula is C30H33N7O. The maximum Gasteiger partial charge on any atom is 0.164 e. The summed E-state index contributed by atoms with van der Waals surface area (Å²) in [7, 11) is 0. The molecule has 0 radical (unpaired) electrons. The number of nitrogens with zero attached hydrogens (tertiary/aromatic N) is 6. The lowest BCUT2D eigenvalue weighted by Gasteiger charge is -2.32. The summed E-state index contributed by atoms with van der Waals surface area (Å²) >= 11 is 0. The number of ether oxygens (including phenoxy) is 1. The molecule has 2 fully saturated rings. The van der Waals surface area contributed by atoms with Gasteiger partial charge in [0.25, 0.3) is 0 Å². The molecule has 1 N–H and O–H groups in total. The van der Waals surface area contributed by atoms with Crippen molar-refractivity contribution in [2.24, 2.45) is 0 Å². The van der Waals surface area contributed by atoms with E-state index in [9.17, 15) is 0 Å². The van der Waals surface area contributed by atoms with Gasteiger partial charge in [-0.1, -0.05) is 30.3 Å². The highest BCUT2D eigenvalue weighted by Crippen LogP contribution is 2.32. The largest absolute Gasteiger partial charge is 0.378 e. The lowest BCUT2D eigenvalue weighted by molar-refractivity contribution is 0.122. The van der Waals surface area contributed by atoms with Gasteiger partial charge in [-0.25, -0.2) is 14.6 Å². The first-order valence-corrected chi connectivity index (χ1v) is 13.7. The third kappa shape index (κ3) is 4.54. The third-order valence-electron chi connectivity index (χ3n) is 8.02. The normalized spacial score (nSPS) is 17.5. The lowest BCUT2D eigenvalue weighted by Crippen LogP contribution is -2.37. The molecule has 2 aliphatic rings. The number of nitrogens with one attached hydrogen (secondary N) is 1. The van der Waals surface area contributed by atoms with E-state index in [4.69, 9.17) is 19.8 Å². The highest BCUT2D eigenvalue weighted by atomic mass is 16.5. The fourth-order valence-corrected chi connectivity index (χ4v) is 5.84. The fourth-order valence-electron chi connectivity index (χ4n) is 5.84. The number of piperidine rings is 1. The van der Waals surface area contributed by atoms with Crippen LogP contribution in [0.2, 0.25) is 0 Å². The van der Waals surface area contributed by atoms with Crippen LogP contribution in [0.1, 0.15) is 24.4 Å². The van der Waals surface area contributed by atoms with Crippen molar-refractivity contribution in [3.63, 3.8) is 0 Å². The molecule has 2 aromatic carbocycles. The second kappa shape index (κ2) is 10.2. The smallest absolute Gasteiger partial charge is 0.164 e. The molecular weight excluding hydrogens is 474 g/mol. The molecule has 0 saturated carbocycles. The highest BCUT2D eigenvalue weighted by molar-refractivity contribution is 5.90. The Morgan fingerprint density at radius 1 is 0.921 bits per heavy atom. The second-order valence-electron chi connectivity index (χ2n) is 10.4. The molecule has 38 heavy (non-hydrogen) atoms. The van der Waals surface area contributed by atoms with Crippen molar-refractivity contribution >= 4 is 27.8 Å². The minimum absolute atomic E-state index is 0.341. The van der Waals surface area contributed by atoms with Crippen LogP contribution in [0.5, 0.6) is 0 Å². The Bertz CT molecular complexity index is 1530. The first-order chi connectivity index (χ1) is 18.8. The first kappa shape index (κ1) is 23.4. The molecule has 0 unspecified atom stereocenters. The van der Waals surface area contributed by atoms with E-state index in [-0.39, 0.29) is 0 Å². The van der Waals surface area contributed by atoms with Gasteiger partial charge in [-0.05, 0) is 49.1 Å². The summed E-state index contributed by atoms with van der Waals surface area (Å²) in [4.78, 5) is 18.4. The number of anilines is 1. The second-order valence-corrected chi connectivity index (χ2v) is 10.4. The van der Waals surface area contributed by atoms with Crippen molar-refractivity contribution in [3.8, 4) is 11.4 Å². The molecule has 5 aromatic rings. The van der Waals surface area contributed by atoms with Gasteiger partial charge in [0.15, 0.2) is 11.5 Å². The minimum atomic E-state index is 0.341. The molecule has 2 aliphatic heterocycles. The summed E-state index contributed by atoms with van der Waals surface area (Å²) in [5.74, 6) is 1.72. The van der Waals surface area contributed by atoms with E-state index < -0.39 is 0 Å². The Kier molecular flexibility index (Phi) is 6.27. The van der Waals surface area contributed by atoms with Crippen LogP contribution in [0.3, 0.4) is 0 Å². The van der Waals surface area contributed by atoms with Crippen LogP contribution in [-0.2, 0) is 11.2 Å². The molecule has 8 nitrogen and oxygen atoms in total. The Labute approximate surface area is 222 Å². The molecule has 0 aliphatic carbocycles. The monoisotopic (exact) mass is 507 g/mol. The van der Waals surface area contributed by atoms with Gasteiger partial charge in [-0.15, -0.1) is 0 Å². The number of H-pyrrole nitrogens is 1. The maximum absolute atomic E-state index is 5.63. The Morgan fingerprint density at radius 2 is 1.76 bits per heavy atom. The van der Waals surface area contributed by atoms with Crippen LogP contribution in [0.25, 0.3) is 33.3 Å². The Morgan fingerprint density at radius 3 is 2.61 bits per heavy atom. The maximum atomic E-state index is 5.63. The van der Waals surface area contributed by atoms with E-state index in [1.165, 1.54) is 5.56 Å². The average molecular weight is 508 g/mol. The SMILES string of the molecule is c1ccc(CCN2CCC(n3ncc4c(N5CCOCC5)nc(-c5ccc6[nH]ccc6c5)nc43)CC2)cc1. The quantitative estimate of drug-likeness (QED) is 0.359. The number of likely N-dealkylation sites (tertiary alicyclic amines) is 1. The summed E-state index contributed by atoms with van der Waals surface area (Å²) < 4.78 is 7.81. The molecule has 5 heterocycles. The van der Waals surface area contributed by atoms with Crippen molar-refractivity contribution in [2.45, 2.75) is 25.3 Å². The predicted octanol–water partition coefficient (Wildman–Crippen LogP) is 4.69. The number of aromatic nitrogens is 5. The van der Waals surface area contributed by atoms with Crippen LogP contribution in [0.4, 0.5) is 5.82 Å². The van der Waals surface area contributed by atoms with Crippen molar-refractivity contribution < 1.29 is 4.74 Å². The van der Waals surface area contributed by atoms with Gasteiger partial charge < -0.3 is 19.5 Å². The van der Waals surface area contributed by atoms with Crippen molar-refractivity contribution in [1.82, 2.24) is 29.6 Å².